The van der Waals surface area contributed by atoms with Gasteiger partial charge >= 0.3 is 0 Å². The number of hydrogen-bond donors (Lipinski definition) is 0. The number of hydrogen-bond acceptors (Lipinski definition) is 4. The summed E-state index contributed by atoms with van der Waals surface area (Å²) in [7, 11) is 0. The van der Waals surface area contributed by atoms with E-state index < -0.39 is 11.1 Å². The second-order valence-electron chi connectivity index (χ2n) is 9.82. The first-order valence-corrected chi connectivity index (χ1v) is 10.5. The van der Waals surface area contributed by atoms with E-state index in [-0.39, 0.29) is 56.1 Å². The molecule has 1 aromatic carbocycles. The molecule has 0 N–H and O–H groups in total. The fourth-order valence-corrected chi connectivity index (χ4v) is 5.21. The van der Waals surface area contributed by atoms with Gasteiger partial charge < -0.3 is 0 Å². The third-order valence-corrected chi connectivity index (χ3v) is 6.64. The minimum absolute atomic E-state index is 0.0219. The lowest BCUT2D eigenvalue weighted by atomic mass is 9.69. The third-order valence-electron chi connectivity index (χ3n) is 6.64. The van der Waals surface area contributed by atoms with Crippen molar-refractivity contribution >= 4 is 21.5 Å². The molecule has 1 saturated carbocycles. The van der Waals surface area contributed by atoms with Gasteiger partial charge in [0.1, 0.15) is 0 Å². The zero-order chi connectivity index (χ0) is 21.2. The minimum atomic E-state index is -0.397. The third kappa shape index (κ3) is 2.83. The maximum absolute atomic E-state index is 13.3. The molecule has 0 aliphatic heterocycles. The molecular weight excluding hydrogens is 368 g/mol. The Kier molecular flexibility index (Phi) is 4.44. The van der Waals surface area contributed by atoms with Gasteiger partial charge in [0.15, 0.2) is 0 Å². The largest absolute Gasteiger partial charge is 0.272 e. The topological polar surface area (TPSA) is 78.1 Å². The Balaban J connectivity index is 2.01. The highest BCUT2D eigenvalue weighted by Gasteiger charge is 2.37. The molecule has 0 radical (unpaired) electrons. The van der Waals surface area contributed by atoms with E-state index in [1.807, 2.05) is 0 Å². The molecule has 6 heteroatoms. The summed E-state index contributed by atoms with van der Waals surface area (Å²) in [6.07, 6.45) is 3.87. The van der Waals surface area contributed by atoms with Crippen molar-refractivity contribution in [1.29, 1.82) is 0 Å². The summed E-state index contributed by atoms with van der Waals surface area (Å²) in [4.78, 5) is 52.0. The highest BCUT2D eigenvalue weighted by atomic mass is 16.2. The smallest absolute Gasteiger partial charge is 0.261 e. The second-order valence-corrected chi connectivity index (χ2v) is 9.82. The Hall–Kier alpha value is -2.50. The van der Waals surface area contributed by atoms with Gasteiger partial charge in [-0.15, -0.1) is 0 Å². The van der Waals surface area contributed by atoms with Crippen LogP contribution < -0.4 is 22.2 Å². The molecule has 1 fully saturated rings. The molecule has 2 atom stereocenters. The Morgan fingerprint density at radius 2 is 1.24 bits per heavy atom. The number of nitrogens with zero attached hydrogens (tertiary/aromatic N) is 2. The number of benzene rings is 1. The molecule has 1 aliphatic rings. The standard InChI is InChI=1S/C23H28N2O4/c1-12(2)24-19(26)13-10-15-16(11-14(13)20(24)27)22(29)25(21(15)28)18-9-7-6-8-17(18)23(3,4)5/h10-12,17-18H,6-9H2,1-5H3. The van der Waals surface area contributed by atoms with Crippen LogP contribution in [0.1, 0.15) is 72.4 Å². The fraction of sp³-hybridized carbons (Fsp3) is 0.565. The highest BCUT2D eigenvalue weighted by Crippen LogP contribution is 2.43. The van der Waals surface area contributed by atoms with E-state index in [0.29, 0.717) is 0 Å². The van der Waals surface area contributed by atoms with Gasteiger partial charge in [-0.1, -0.05) is 33.6 Å². The van der Waals surface area contributed by atoms with Crippen molar-refractivity contribution in [3.8, 4) is 0 Å². The monoisotopic (exact) mass is 396 g/mol. The quantitative estimate of drug-likeness (QED) is 0.666. The lowest BCUT2D eigenvalue weighted by molar-refractivity contribution is 0.110. The molecule has 1 aliphatic carbocycles. The van der Waals surface area contributed by atoms with E-state index in [0.717, 1.165) is 25.7 Å². The molecule has 0 saturated heterocycles. The second kappa shape index (κ2) is 6.51. The van der Waals surface area contributed by atoms with Crippen LogP contribution in [-0.4, -0.2) is 9.13 Å². The molecule has 2 unspecified atom stereocenters. The predicted octanol–water partition coefficient (Wildman–Crippen LogP) is 3.27. The molecule has 154 valence electrons. The van der Waals surface area contributed by atoms with Crippen molar-refractivity contribution in [1.82, 2.24) is 9.13 Å². The molecule has 0 spiro atoms. The van der Waals surface area contributed by atoms with E-state index in [9.17, 15) is 19.2 Å². The van der Waals surface area contributed by atoms with E-state index >= 15 is 0 Å². The summed E-state index contributed by atoms with van der Waals surface area (Å²) in [6.45, 7) is 9.99. The van der Waals surface area contributed by atoms with Crippen LogP contribution in [-0.2, 0) is 0 Å². The van der Waals surface area contributed by atoms with Crippen LogP contribution in [0.3, 0.4) is 0 Å². The highest BCUT2D eigenvalue weighted by molar-refractivity contribution is 5.97. The molecule has 2 aromatic heterocycles. The average molecular weight is 396 g/mol. The molecule has 29 heavy (non-hydrogen) atoms. The van der Waals surface area contributed by atoms with Crippen molar-refractivity contribution in [3.63, 3.8) is 0 Å². The van der Waals surface area contributed by atoms with Crippen LogP contribution in [0.2, 0.25) is 0 Å². The first-order valence-electron chi connectivity index (χ1n) is 10.5. The maximum Gasteiger partial charge on any atom is 0.261 e. The van der Waals surface area contributed by atoms with Crippen LogP contribution in [0.5, 0.6) is 0 Å². The minimum Gasteiger partial charge on any atom is -0.272 e. The zero-order valence-electron chi connectivity index (χ0n) is 17.7. The van der Waals surface area contributed by atoms with Crippen molar-refractivity contribution in [2.75, 3.05) is 0 Å². The van der Waals surface area contributed by atoms with Gasteiger partial charge in [-0.05, 0) is 50.2 Å². The van der Waals surface area contributed by atoms with Gasteiger partial charge in [-0.2, -0.15) is 0 Å². The Morgan fingerprint density at radius 3 is 1.69 bits per heavy atom. The summed E-state index contributed by atoms with van der Waals surface area (Å²) in [5.74, 6) is 0.227. The van der Waals surface area contributed by atoms with Gasteiger partial charge in [0, 0.05) is 12.1 Å². The van der Waals surface area contributed by atoms with Gasteiger partial charge in [0.2, 0.25) is 0 Å². The van der Waals surface area contributed by atoms with Crippen LogP contribution in [0.25, 0.3) is 21.5 Å². The summed E-state index contributed by atoms with van der Waals surface area (Å²) >= 11 is 0. The van der Waals surface area contributed by atoms with Crippen LogP contribution in [0.15, 0.2) is 31.3 Å². The Bertz CT molecular complexity index is 1230. The molecule has 6 nitrogen and oxygen atoms in total. The SMILES string of the molecule is CC(C)n1c(=O)c2cc3c(=O)n(C4CCCCC4C(C)(C)C)c(=O)c3cc2c1=O. The normalized spacial score (nSPS) is 20.9. The predicted molar refractivity (Wildman–Crippen MR) is 116 cm³/mol. The molecular formula is C23H28N2O4. The van der Waals surface area contributed by atoms with Crippen LogP contribution >= 0.6 is 0 Å². The summed E-state index contributed by atoms with van der Waals surface area (Å²) in [5, 5.41) is 0.945. The van der Waals surface area contributed by atoms with Gasteiger partial charge in [0.05, 0.1) is 21.5 Å². The molecule has 4 rings (SSSR count). The number of rotatable bonds is 2. The van der Waals surface area contributed by atoms with E-state index in [2.05, 4.69) is 20.8 Å². The summed E-state index contributed by atoms with van der Waals surface area (Å²) in [6, 6.07) is 2.49. The maximum atomic E-state index is 13.3. The van der Waals surface area contributed by atoms with Crippen LogP contribution in [0, 0.1) is 11.3 Å². The first-order chi connectivity index (χ1) is 13.5. The van der Waals surface area contributed by atoms with Gasteiger partial charge in [0.25, 0.3) is 22.2 Å². The van der Waals surface area contributed by atoms with E-state index in [4.69, 9.17) is 0 Å². The molecule has 0 bridgehead atoms. The molecule has 0 amide bonds. The summed E-state index contributed by atoms with van der Waals surface area (Å²) < 4.78 is 2.59. The fourth-order valence-electron chi connectivity index (χ4n) is 5.21. The van der Waals surface area contributed by atoms with Crippen molar-refractivity contribution in [2.45, 2.75) is 72.4 Å². The number of aromatic nitrogens is 2. The lowest BCUT2D eigenvalue weighted by Crippen LogP contribution is -2.40. The first kappa shape index (κ1) is 19.8. The average Bonchev–Trinajstić information content (AvgIpc) is 3.04. The lowest BCUT2D eigenvalue weighted by Gasteiger charge is -2.40. The van der Waals surface area contributed by atoms with Crippen molar-refractivity contribution < 1.29 is 0 Å². The van der Waals surface area contributed by atoms with E-state index in [1.54, 1.807) is 13.8 Å². The van der Waals surface area contributed by atoms with Crippen molar-refractivity contribution in [3.05, 3.63) is 53.5 Å². The Morgan fingerprint density at radius 1 is 0.793 bits per heavy atom. The van der Waals surface area contributed by atoms with Crippen LogP contribution in [0.4, 0.5) is 0 Å². The summed E-state index contributed by atoms with van der Waals surface area (Å²) in [5.41, 5.74) is -1.49. The molecule has 2 heterocycles. The van der Waals surface area contributed by atoms with Gasteiger partial charge in [-0.25, -0.2) is 0 Å². The Labute approximate surface area is 168 Å². The van der Waals surface area contributed by atoms with E-state index in [1.165, 1.54) is 21.3 Å². The molecule has 3 aromatic rings. The number of fused-ring (bicyclic) bond motifs is 2. The van der Waals surface area contributed by atoms with Gasteiger partial charge in [-0.3, -0.25) is 28.3 Å². The zero-order valence-corrected chi connectivity index (χ0v) is 17.7. The van der Waals surface area contributed by atoms with Crippen molar-refractivity contribution in [2.24, 2.45) is 11.3 Å².